The average molecular weight is 238 g/mol. The van der Waals surface area contributed by atoms with Crippen molar-refractivity contribution >= 4 is 11.6 Å². The fourth-order valence-corrected chi connectivity index (χ4v) is 1.31. The first-order valence-electron chi connectivity index (χ1n) is 5.20. The lowest BCUT2D eigenvalue weighted by atomic mass is 10.1. The first-order valence-corrected chi connectivity index (χ1v) is 5.20. The third-order valence-electron chi connectivity index (χ3n) is 2.17. The third kappa shape index (κ3) is 3.17. The first kappa shape index (κ1) is 13.0. The Bertz CT molecular complexity index is 431. The van der Waals surface area contributed by atoms with Crippen molar-refractivity contribution in [3.63, 3.8) is 0 Å². The average Bonchev–Trinajstić information content (AvgIpc) is 2.34. The zero-order valence-corrected chi connectivity index (χ0v) is 9.73. The maximum absolute atomic E-state index is 11.6. The number of nitrogens with zero attached hydrogens (tertiary/aromatic N) is 1. The molecular weight excluding hydrogens is 224 g/mol. The van der Waals surface area contributed by atoms with Gasteiger partial charge in [-0.15, -0.1) is 0 Å². The molecule has 0 aliphatic heterocycles. The van der Waals surface area contributed by atoms with E-state index < -0.39 is 4.92 Å². The largest absolute Gasteiger partial charge is 0.490 e. The summed E-state index contributed by atoms with van der Waals surface area (Å²) in [5.74, 6) is -0.181. The number of hydrogen-bond acceptors (Lipinski definition) is 4. The highest BCUT2D eigenvalue weighted by Crippen LogP contribution is 2.27. The molecule has 0 unspecified atom stereocenters. The normalized spacial score (nSPS) is 9.76. The minimum atomic E-state index is -0.574. The predicted octanol–water partition coefficient (Wildman–Crippen LogP) is 1.74. The smallest absolute Gasteiger partial charge is 0.311 e. The van der Waals surface area contributed by atoms with Gasteiger partial charge < -0.3 is 10.1 Å². The number of nitro groups is 1. The fraction of sp³-hybridized carbons (Fsp3) is 0.364. The zero-order valence-electron chi connectivity index (χ0n) is 9.73. The van der Waals surface area contributed by atoms with Gasteiger partial charge in [-0.05, 0) is 18.6 Å². The summed E-state index contributed by atoms with van der Waals surface area (Å²) in [6, 6.07) is 4.12. The molecule has 17 heavy (non-hydrogen) atoms. The summed E-state index contributed by atoms with van der Waals surface area (Å²) in [6.07, 6.45) is 0.810. The number of amides is 1. The van der Waals surface area contributed by atoms with Gasteiger partial charge in [-0.3, -0.25) is 14.9 Å². The van der Waals surface area contributed by atoms with E-state index in [1.807, 2.05) is 6.92 Å². The second kappa shape index (κ2) is 5.83. The van der Waals surface area contributed by atoms with Gasteiger partial charge in [0.15, 0.2) is 5.75 Å². The van der Waals surface area contributed by atoms with Crippen LogP contribution >= 0.6 is 0 Å². The minimum absolute atomic E-state index is 0.141. The quantitative estimate of drug-likeness (QED) is 0.625. The molecule has 0 heterocycles. The van der Waals surface area contributed by atoms with Crippen molar-refractivity contribution in [2.24, 2.45) is 0 Å². The van der Waals surface area contributed by atoms with E-state index in [-0.39, 0.29) is 22.9 Å². The number of methoxy groups -OCH3 is 1. The van der Waals surface area contributed by atoms with Crippen molar-refractivity contribution in [1.29, 1.82) is 0 Å². The van der Waals surface area contributed by atoms with E-state index in [0.717, 1.165) is 6.42 Å². The molecule has 0 radical (unpaired) electrons. The Hall–Kier alpha value is -2.11. The predicted molar refractivity (Wildman–Crippen MR) is 62.3 cm³/mol. The zero-order chi connectivity index (χ0) is 12.8. The molecule has 1 aromatic carbocycles. The van der Waals surface area contributed by atoms with Crippen molar-refractivity contribution in [3.05, 3.63) is 33.9 Å². The monoisotopic (exact) mass is 238 g/mol. The van der Waals surface area contributed by atoms with Crippen molar-refractivity contribution in [1.82, 2.24) is 5.32 Å². The third-order valence-corrected chi connectivity index (χ3v) is 2.17. The van der Waals surface area contributed by atoms with Crippen LogP contribution in [-0.4, -0.2) is 24.5 Å². The summed E-state index contributed by atoms with van der Waals surface area (Å²) >= 11 is 0. The molecule has 1 amide bonds. The first-order chi connectivity index (χ1) is 8.10. The molecule has 1 aromatic rings. The summed E-state index contributed by atoms with van der Waals surface area (Å²) in [4.78, 5) is 21.8. The van der Waals surface area contributed by atoms with Crippen LogP contribution in [-0.2, 0) is 0 Å². The van der Waals surface area contributed by atoms with E-state index in [4.69, 9.17) is 4.74 Å². The molecule has 92 valence electrons. The van der Waals surface area contributed by atoms with E-state index in [9.17, 15) is 14.9 Å². The number of carbonyl (C=O) groups is 1. The number of benzene rings is 1. The van der Waals surface area contributed by atoms with Crippen molar-refractivity contribution in [2.75, 3.05) is 13.7 Å². The maximum Gasteiger partial charge on any atom is 0.311 e. The molecule has 6 nitrogen and oxygen atoms in total. The molecule has 0 spiro atoms. The van der Waals surface area contributed by atoms with Crippen LogP contribution < -0.4 is 10.1 Å². The van der Waals surface area contributed by atoms with Gasteiger partial charge >= 0.3 is 5.69 Å². The van der Waals surface area contributed by atoms with Crippen LogP contribution in [0.25, 0.3) is 0 Å². The number of rotatable bonds is 5. The Kier molecular flexibility index (Phi) is 4.45. The second-order valence-corrected chi connectivity index (χ2v) is 3.40. The molecule has 0 atom stereocenters. The molecule has 0 saturated carbocycles. The van der Waals surface area contributed by atoms with Crippen LogP contribution in [0.5, 0.6) is 5.75 Å². The van der Waals surface area contributed by atoms with Crippen LogP contribution in [0.4, 0.5) is 5.69 Å². The van der Waals surface area contributed by atoms with Gasteiger partial charge in [0.05, 0.1) is 12.0 Å². The Balaban J connectivity index is 2.99. The van der Waals surface area contributed by atoms with Crippen molar-refractivity contribution in [2.45, 2.75) is 13.3 Å². The van der Waals surface area contributed by atoms with Crippen LogP contribution in [0.15, 0.2) is 18.2 Å². The molecule has 1 N–H and O–H groups in total. The van der Waals surface area contributed by atoms with Gasteiger partial charge in [-0.2, -0.15) is 0 Å². The fourth-order valence-electron chi connectivity index (χ4n) is 1.31. The summed E-state index contributed by atoms with van der Waals surface area (Å²) in [6.45, 7) is 2.47. The molecule has 0 fully saturated rings. The molecule has 0 aliphatic carbocycles. The standard InChI is InChI=1S/C11H14N2O4/c1-3-6-12-11(14)8-4-5-10(17-2)9(7-8)13(15)16/h4-5,7H,3,6H2,1-2H3,(H,12,14). The summed E-state index contributed by atoms with van der Waals surface area (Å²) < 4.78 is 4.85. The topological polar surface area (TPSA) is 81.5 Å². The molecule has 0 aliphatic rings. The lowest BCUT2D eigenvalue weighted by Crippen LogP contribution is -2.23. The number of nitro benzene ring substituents is 1. The number of nitrogens with one attached hydrogen (secondary N) is 1. The summed E-state index contributed by atoms with van der Waals surface area (Å²) in [7, 11) is 1.35. The van der Waals surface area contributed by atoms with E-state index in [1.54, 1.807) is 0 Å². The van der Waals surface area contributed by atoms with E-state index in [0.29, 0.717) is 6.54 Å². The highest BCUT2D eigenvalue weighted by atomic mass is 16.6. The van der Waals surface area contributed by atoms with E-state index >= 15 is 0 Å². The lowest BCUT2D eigenvalue weighted by molar-refractivity contribution is -0.385. The van der Waals surface area contributed by atoms with E-state index in [2.05, 4.69) is 5.32 Å². The van der Waals surface area contributed by atoms with Gasteiger partial charge in [0.1, 0.15) is 0 Å². The molecule has 6 heteroatoms. The summed E-state index contributed by atoms with van der Waals surface area (Å²) in [5.41, 5.74) is 0.0441. The maximum atomic E-state index is 11.6. The minimum Gasteiger partial charge on any atom is -0.490 e. The SMILES string of the molecule is CCCNC(=O)c1ccc(OC)c([N+](=O)[O-])c1. The van der Waals surface area contributed by atoms with Crippen LogP contribution in [0, 0.1) is 10.1 Å². The van der Waals surface area contributed by atoms with Crippen molar-refractivity contribution < 1.29 is 14.5 Å². The van der Waals surface area contributed by atoms with Crippen molar-refractivity contribution in [3.8, 4) is 5.75 Å². The Morgan fingerprint density at radius 2 is 2.24 bits per heavy atom. The van der Waals surface area contributed by atoms with Gasteiger partial charge in [-0.1, -0.05) is 6.92 Å². The second-order valence-electron chi connectivity index (χ2n) is 3.40. The highest BCUT2D eigenvalue weighted by molar-refractivity contribution is 5.95. The Morgan fingerprint density at radius 3 is 2.76 bits per heavy atom. The molecular formula is C11H14N2O4. The van der Waals surface area contributed by atoms with Gasteiger partial charge in [0.25, 0.3) is 5.91 Å². The number of hydrogen-bond donors (Lipinski definition) is 1. The van der Waals surface area contributed by atoms with Gasteiger partial charge in [-0.25, -0.2) is 0 Å². The van der Waals surface area contributed by atoms with Crippen LogP contribution in [0.3, 0.4) is 0 Å². The van der Waals surface area contributed by atoms with E-state index in [1.165, 1.54) is 25.3 Å². The van der Waals surface area contributed by atoms with Crippen LogP contribution in [0.2, 0.25) is 0 Å². The molecule has 1 rings (SSSR count). The molecule has 0 aromatic heterocycles. The Morgan fingerprint density at radius 1 is 1.53 bits per heavy atom. The highest BCUT2D eigenvalue weighted by Gasteiger charge is 2.17. The van der Waals surface area contributed by atoms with Crippen LogP contribution in [0.1, 0.15) is 23.7 Å². The Labute approximate surface area is 98.7 Å². The molecule has 0 bridgehead atoms. The number of ether oxygens (including phenoxy) is 1. The van der Waals surface area contributed by atoms with Gasteiger partial charge in [0, 0.05) is 18.2 Å². The molecule has 0 saturated heterocycles. The lowest BCUT2D eigenvalue weighted by Gasteiger charge is -2.05. The van der Waals surface area contributed by atoms with Gasteiger partial charge in [0.2, 0.25) is 0 Å². The number of carbonyl (C=O) groups excluding carboxylic acids is 1. The summed E-state index contributed by atoms with van der Waals surface area (Å²) in [5, 5.41) is 13.4.